The molecule has 22 heavy (non-hydrogen) atoms. The summed E-state index contributed by atoms with van der Waals surface area (Å²) in [6.45, 7) is -0.0885. The lowest BCUT2D eigenvalue weighted by Crippen LogP contribution is -2.13. The van der Waals surface area contributed by atoms with E-state index in [1.54, 1.807) is 30.3 Å². The van der Waals surface area contributed by atoms with Gasteiger partial charge in [0.1, 0.15) is 12.7 Å². The molecule has 0 bridgehead atoms. The van der Waals surface area contributed by atoms with Crippen LogP contribution in [-0.2, 0) is 17.5 Å². The second-order valence-electron chi connectivity index (χ2n) is 3.99. The van der Waals surface area contributed by atoms with Gasteiger partial charge in [0.2, 0.25) is 11.6 Å². The number of anilines is 1. The van der Waals surface area contributed by atoms with Gasteiger partial charge in [-0.05, 0) is 5.56 Å². The molecule has 6 nitrogen and oxygen atoms in total. The Morgan fingerprint density at radius 2 is 2.05 bits per heavy atom. The van der Waals surface area contributed by atoms with Gasteiger partial charge < -0.3 is 9.15 Å². The maximum atomic E-state index is 12.4. The van der Waals surface area contributed by atoms with Crippen molar-refractivity contribution in [1.29, 1.82) is 5.26 Å². The molecule has 0 aliphatic rings. The van der Waals surface area contributed by atoms with E-state index in [0.29, 0.717) is 5.56 Å². The van der Waals surface area contributed by atoms with Gasteiger partial charge in [0.15, 0.2) is 0 Å². The zero-order chi connectivity index (χ0) is 16.2. The standard InChI is InChI=1S/C13H8F3N3O3/c14-13(15,16)11-18-9(6-17)10(22-11)19-12(20)21-7-8-4-2-1-3-5-8/h1-5H,7H2,(H,19,20). The number of ether oxygens (including phenoxy) is 1. The summed E-state index contributed by atoms with van der Waals surface area (Å²) >= 11 is 0. The normalized spacial score (nSPS) is 10.8. The first-order valence-corrected chi connectivity index (χ1v) is 5.86. The highest BCUT2D eigenvalue weighted by atomic mass is 19.4. The Kier molecular flexibility index (Phi) is 4.31. The zero-order valence-corrected chi connectivity index (χ0v) is 10.8. The Morgan fingerprint density at radius 1 is 1.36 bits per heavy atom. The van der Waals surface area contributed by atoms with Gasteiger partial charge in [0.25, 0.3) is 0 Å². The molecular formula is C13H8F3N3O3. The molecule has 114 valence electrons. The molecule has 2 aromatic rings. The third kappa shape index (κ3) is 3.76. The number of nitriles is 1. The fraction of sp³-hybridized carbons (Fsp3) is 0.154. The van der Waals surface area contributed by atoms with E-state index < -0.39 is 29.7 Å². The molecule has 0 fully saturated rings. The minimum absolute atomic E-state index is 0.0885. The third-order valence-corrected chi connectivity index (χ3v) is 2.40. The molecule has 0 atom stereocenters. The maximum absolute atomic E-state index is 12.4. The van der Waals surface area contributed by atoms with Gasteiger partial charge in [-0.25, -0.2) is 4.79 Å². The van der Waals surface area contributed by atoms with Crippen LogP contribution in [0.2, 0.25) is 0 Å². The Hall–Kier alpha value is -3.02. The number of halogens is 3. The molecule has 1 amide bonds. The smallest absolute Gasteiger partial charge is 0.444 e. The molecule has 0 saturated heterocycles. The molecule has 1 aromatic heterocycles. The first-order chi connectivity index (χ1) is 10.4. The van der Waals surface area contributed by atoms with E-state index in [1.807, 2.05) is 5.32 Å². The number of alkyl halides is 3. The van der Waals surface area contributed by atoms with E-state index in [9.17, 15) is 18.0 Å². The number of oxazole rings is 1. The molecule has 1 N–H and O–H groups in total. The summed E-state index contributed by atoms with van der Waals surface area (Å²) in [6, 6.07) is 10.0. The lowest BCUT2D eigenvalue weighted by molar-refractivity contribution is -0.156. The number of aromatic nitrogens is 1. The third-order valence-electron chi connectivity index (χ3n) is 2.40. The molecule has 9 heteroatoms. The number of rotatable bonds is 3. The highest BCUT2D eigenvalue weighted by Gasteiger charge is 2.39. The summed E-state index contributed by atoms with van der Waals surface area (Å²) < 4.78 is 46.4. The summed E-state index contributed by atoms with van der Waals surface area (Å²) in [6.07, 6.45) is -5.93. The largest absolute Gasteiger partial charge is 0.469 e. The van der Waals surface area contributed by atoms with Crippen molar-refractivity contribution in [1.82, 2.24) is 4.98 Å². The number of hydrogen-bond donors (Lipinski definition) is 1. The van der Waals surface area contributed by atoms with Crippen molar-refractivity contribution in [3.8, 4) is 6.07 Å². The highest BCUT2D eigenvalue weighted by Crippen LogP contribution is 2.31. The van der Waals surface area contributed by atoms with E-state index in [-0.39, 0.29) is 6.61 Å². The number of benzene rings is 1. The Bertz CT molecular complexity index is 705. The summed E-state index contributed by atoms with van der Waals surface area (Å²) in [4.78, 5) is 14.4. The molecular weight excluding hydrogens is 303 g/mol. The Balaban J connectivity index is 2.02. The van der Waals surface area contributed by atoms with Crippen LogP contribution in [0, 0.1) is 11.3 Å². The fourth-order valence-electron chi connectivity index (χ4n) is 1.45. The van der Waals surface area contributed by atoms with E-state index in [4.69, 9.17) is 10.00 Å². The van der Waals surface area contributed by atoms with Crippen molar-refractivity contribution >= 4 is 12.0 Å². The van der Waals surface area contributed by atoms with Crippen LogP contribution in [0.15, 0.2) is 34.7 Å². The maximum Gasteiger partial charge on any atom is 0.469 e. The minimum Gasteiger partial charge on any atom is -0.444 e. The number of nitrogens with one attached hydrogen (secondary N) is 1. The highest BCUT2D eigenvalue weighted by molar-refractivity contribution is 5.84. The fourth-order valence-corrected chi connectivity index (χ4v) is 1.45. The lowest BCUT2D eigenvalue weighted by Gasteiger charge is -2.05. The zero-order valence-electron chi connectivity index (χ0n) is 10.8. The molecule has 0 aliphatic carbocycles. The summed E-state index contributed by atoms with van der Waals surface area (Å²) in [5, 5.41) is 10.6. The molecule has 0 aliphatic heterocycles. The average Bonchev–Trinajstić information content (AvgIpc) is 2.89. The van der Waals surface area contributed by atoms with Gasteiger partial charge in [-0.2, -0.15) is 23.4 Å². The monoisotopic (exact) mass is 311 g/mol. The number of carbonyl (C=O) groups is 1. The molecule has 1 heterocycles. The van der Waals surface area contributed by atoms with E-state index >= 15 is 0 Å². The second-order valence-corrected chi connectivity index (χ2v) is 3.99. The van der Waals surface area contributed by atoms with Crippen LogP contribution in [0.3, 0.4) is 0 Å². The lowest BCUT2D eigenvalue weighted by atomic mass is 10.2. The minimum atomic E-state index is -4.86. The van der Waals surface area contributed by atoms with Crippen LogP contribution in [0.25, 0.3) is 0 Å². The van der Waals surface area contributed by atoms with Crippen molar-refractivity contribution in [2.24, 2.45) is 0 Å². The van der Waals surface area contributed by atoms with Gasteiger partial charge in [-0.15, -0.1) is 0 Å². The summed E-state index contributed by atoms with van der Waals surface area (Å²) in [5.74, 6) is -2.34. The van der Waals surface area contributed by atoms with Crippen LogP contribution in [0.1, 0.15) is 17.1 Å². The van der Waals surface area contributed by atoms with Crippen molar-refractivity contribution in [3.63, 3.8) is 0 Å². The predicted octanol–water partition coefficient (Wildman–Crippen LogP) is 3.31. The number of amides is 1. The van der Waals surface area contributed by atoms with Crippen molar-refractivity contribution in [2.75, 3.05) is 5.32 Å². The Labute approximate surface area is 122 Å². The molecule has 0 radical (unpaired) electrons. The first-order valence-electron chi connectivity index (χ1n) is 5.86. The van der Waals surface area contributed by atoms with E-state index in [0.717, 1.165) is 0 Å². The first kappa shape index (κ1) is 15.4. The predicted molar refractivity (Wildman–Crippen MR) is 66.5 cm³/mol. The van der Waals surface area contributed by atoms with Crippen LogP contribution in [0.5, 0.6) is 0 Å². The summed E-state index contributed by atoms with van der Waals surface area (Å²) in [5.41, 5.74) is -0.00399. The molecule has 2 rings (SSSR count). The SMILES string of the molecule is N#Cc1nc(C(F)(F)F)oc1NC(=O)OCc1ccccc1. The molecule has 0 spiro atoms. The van der Waals surface area contributed by atoms with Gasteiger partial charge in [-0.3, -0.25) is 5.32 Å². The number of carbonyl (C=O) groups excluding carboxylic acids is 1. The molecule has 0 unspecified atom stereocenters. The summed E-state index contributed by atoms with van der Waals surface area (Å²) in [7, 11) is 0. The van der Waals surface area contributed by atoms with Gasteiger partial charge >= 0.3 is 18.2 Å². The van der Waals surface area contributed by atoms with Crippen molar-refractivity contribution in [3.05, 3.63) is 47.5 Å². The van der Waals surface area contributed by atoms with Gasteiger partial charge in [0.05, 0.1) is 0 Å². The van der Waals surface area contributed by atoms with E-state index in [1.165, 1.54) is 6.07 Å². The average molecular weight is 311 g/mol. The van der Waals surface area contributed by atoms with Crippen molar-refractivity contribution < 1.29 is 27.1 Å². The van der Waals surface area contributed by atoms with Gasteiger partial charge in [-0.1, -0.05) is 30.3 Å². The molecule has 0 saturated carbocycles. The van der Waals surface area contributed by atoms with Gasteiger partial charge in [0, 0.05) is 0 Å². The topological polar surface area (TPSA) is 88.2 Å². The van der Waals surface area contributed by atoms with E-state index in [2.05, 4.69) is 9.40 Å². The quantitative estimate of drug-likeness (QED) is 0.939. The van der Waals surface area contributed by atoms with Crippen LogP contribution >= 0.6 is 0 Å². The Morgan fingerprint density at radius 3 is 2.64 bits per heavy atom. The number of hydrogen-bond acceptors (Lipinski definition) is 5. The van der Waals surface area contributed by atoms with Crippen LogP contribution < -0.4 is 5.32 Å². The number of nitrogens with zero attached hydrogens (tertiary/aromatic N) is 2. The second kappa shape index (κ2) is 6.17. The molecule has 1 aromatic carbocycles. The van der Waals surface area contributed by atoms with Crippen LogP contribution in [-0.4, -0.2) is 11.1 Å². The van der Waals surface area contributed by atoms with Crippen LogP contribution in [0.4, 0.5) is 23.8 Å². The van der Waals surface area contributed by atoms with Crippen molar-refractivity contribution in [2.45, 2.75) is 12.8 Å².